The largest absolute Gasteiger partial charge is 0.396 e. The minimum absolute atomic E-state index is 0.183. The van der Waals surface area contributed by atoms with E-state index in [1.54, 1.807) is 0 Å². The SMILES string of the molecule is CCCC(CCO)CN=C(NCC)NCCCS(C)(=O)=O. The fourth-order valence-electron chi connectivity index (χ4n) is 2.02. The van der Waals surface area contributed by atoms with E-state index in [-0.39, 0.29) is 12.4 Å². The van der Waals surface area contributed by atoms with Crippen LogP contribution in [0.2, 0.25) is 0 Å². The van der Waals surface area contributed by atoms with Crippen molar-refractivity contribution in [2.75, 3.05) is 38.2 Å². The van der Waals surface area contributed by atoms with E-state index in [0.717, 1.165) is 25.8 Å². The molecule has 0 radical (unpaired) electrons. The Labute approximate surface area is 129 Å². The summed E-state index contributed by atoms with van der Waals surface area (Å²) in [5.41, 5.74) is 0. The number of aliphatic hydroxyl groups is 1. The fourth-order valence-corrected chi connectivity index (χ4v) is 2.69. The molecule has 126 valence electrons. The van der Waals surface area contributed by atoms with Crippen molar-refractivity contribution < 1.29 is 13.5 Å². The zero-order valence-corrected chi connectivity index (χ0v) is 14.4. The van der Waals surface area contributed by atoms with Gasteiger partial charge in [-0.1, -0.05) is 13.3 Å². The van der Waals surface area contributed by atoms with Crippen LogP contribution < -0.4 is 10.6 Å². The molecule has 0 heterocycles. The molecule has 0 spiro atoms. The summed E-state index contributed by atoms with van der Waals surface area (Å²) in [4.78, 5) is 4.52. The smallest absolute Gasteiger partial charge is 0.191 e. The molecule has 0 aromatic heterocycles. The number of rotatable bonds is 11. The monoisotopic (exact) mass is 321 g/mol. The Morgan fingerprint density at radius 2 is 1.95 bits per heavy atom. The molecule has 0 aliphatic carbocycles. The lowest BCUT2D eigenvalue weighted by Crippen LogP contribution is -2.38. The van der Waals surface area contributed by atoms with Crippen molar-refractivity contribution in [1.29, 1.82) is 0 Å². The molecule has 0 aromatic carbocycles. The van der Waals surface area contributed by atoms with Gasteiger partial charge in [-0.15, -0.1) is 0 Å². The highest BCUT2D eigenvalue weighted by Crippen LogP contribution is 2.10. The molecule has 21 heavy (non-hydrogen) atoms. The van der Waals surface area contributed by atoms with Gasteiger partial charge in [0.2, 0.25) is 0 Å². The lowest BCUT2D eigenvalue weighted by Gasteiger charge is -2.15. The van der Waals surface area contributed by atoms with Crippen molar-refractivity contribution in [2.24, 2.45) is 10.9 Å². The number of hydrogen-bond donors (Lipinski definition) is 3. The van der Waals surface area contributed by atoms with Gasteiger partial charge in [-0.05, 0) is 32.1 Å². The molecule has 3 N–H and O–H groups in total. The second kappa shape index (κ2) is 11.8. The molecule has 1 unspecified atom stereocenters. The first-order valence-corrected chi connectivity index (χ1v) is 9.79. The van der Waals surface area contributed by atoms with Gasteiger partial charge >= 0.3 is 0 Å². The van der Waals surface area contributed by atoms with Crippen LogP contribution in [0.1, 0.15) is 39.5 Å². The molecule has 0 fully saturated rings. The van der Waals surface area contributed by atoms with Crippen LogP contribution in [-0.2, 0) is 9.84 Å². The van der Waals surface area contributed by atoms with E-state index in [4.69, 9.17) is 5.11 Å². The summed E-state index contributed by atoms with van der Waals surface area (Å²) in [6, 6.07) is 0. The van der Waals surface area contributed by atoms with Crippen molar-refractivity contribution >= 4 is 15.8 Å². The molecule has 7 heteroatoms. The zero-order valence-electron chi connectivity index (χ0n) is 13.6. The number of aliphatic imine (C=N–C) groups is 1. The quantitative estimate of drug-likeness (QED) is 0.297. The van der Waals surface area contributed by atoms with E-state index in [1.807, 2.05) is 6.92 Å². The summed E-state index contributed by atoms with van der Waals surface area (Å²) in [5, 5.41) is 15.3. The van der Waals surface area contributed by atoms with Gasteiger partial charge in [0.25, 0.3) is 0 Å². The van der Waals surface area contributed by atoms with Crippen LogP contribution in [0, 0.1) is 5.92 Å². The number of sulfone groups is 1. The highest BCUT2D eigenvalue weighted by Gasteiger charge is 2.07. The maximum atomic E-state index is 11.1. The Kier molecular flexibility index (Phi) is 11.3. The van der Waals surface area contributed by atoms with Crippen LogP contribution in [0.4, 0.5) is 0 Å². The number of hydrogen-bond acceptors (Lipinski definition) is 4. The number of nitrogens with zero attached hydrogens (tertiary/aromatic N) is 1. The fraction of sp³-hybridized carbons (Fsp3) is 0.929. The van der Waals surface area contributed by atoms with E-state index in [1.165, 1.54) is 6.26 Å². The minimum atomic E-state index is -2.90. The first-order valence-electron chi connectivity index (χ1n) is 7.73. The van der Waals surface area contributed by atoms with E-state index in [0.29, 0.717) is 31.4 Å². The third kappa shape index (κ3) is 12.6. The van der Waals surface area contributed by atoms with E-state index < -0.39 is 9.84 Å². The summed E-state index contributed by atoms with van der Waals surface area (Å²) in [5.74, 6) is 1.29. The van der Waals surface area contributed by atoms with Crippen molar-refractivity contribution in [2.45, 2.75) is 39.5 Å². The molecule has 6 nitrogen and oxygen atoms in total. The average Bonchev–Trinajstić information content (AvgIpc) is 2.40. The standard InChI is InChI=1S/C14H31N3O3S/c1-4-7-13(8-10-18)12-17-14(15-5-2)16-9-6-11-21(3,19)20/h13,18H,4-12H2,1-3H3,(H2,15,16,17). The second-order valence-electron chi connectivity index (χ2n) is 5.30. The Balaban J connectivity index is 4.27. The van der Waals surface area contributed by atoms with Gasteiger partial charge in [0.15, 0.2) is 5.96 Å². The van der Waals surface area contributed by atoms with Gasteiger partial charge in [0.1, 0.15) is 9.84 Å². The zero-order chi connectivity index (χ0) is 16.1. The summed E-state index contributed by atoms with van der Waals surface area (Å²) < 4.78 is 22.1. The predicted molar refractivity (Wildman–Crippen MR) is 88.4 cm³/mol. The lowest BCUT2D eigenvalue weighted by molar-refractivity contribution is 0.253. The van der Waals surface area contributed by atoms with Crippen LogP contribution in [0.3, 0.4) is 0 Å². The maximum Gasteiger partial charge on any atom is 0.191 e. The van der Waals surface area contributed by atoms with Gasteiger partial charge in [-0.3, -0.25) is 4.99 Å². The van der Waals surface area contributed by atoms with Crippen molar-refractivity contribution in [3.8, 4) is 0 Å². The Bertz CT molecular complexity index is 377. The van der Waals surface area contributed by atoms with Gasteiger partial charge < -0.3 is 15.7 Å². The van der Waals surface area contributed by atoms with Crippen molar-refractivity contribution in [3.05, 3.63) is 0 Å². The molecule has 0 aromatic rings. The predicted octanol–water partition coefficient (Wildman–Crippen LogP) is 0.775. The summed E-state index contributed by atoms with van der Waals surface area (Å²) in [7, 11) is -2.90. The van der Waals surface area contributed by atoms with Crippen molar-refractivity contribution in [1.82, 2.24) is 10.6 Å². The maximum absolute atomic E-state index is 11.1. The molecular weight excluding hydrogens is 290 g/mol. The summed E-state index contributed by atoms with van der Waals surface area (Å²) in [6.07, 6.45) is 4.72. The number of guanidine groups is 1. The van der Waals surface area contributed by atoms with Crippen molar-refractivity contribution in [3.63, 3.8) is 0 Å². The third-order valence-corrected chi connectivity index (χ3v) is 4.10. The van der Waals surface area contributed by atoms with E-state index in [2.05, 4.69) is 22.5 Å². The van der Waals surface area contributed by atoms with Gasteiger partial charge in [-0.2, -0.15) is 0 Å². The Morgan fingerprint density at radius 1 is 1.24 bits per heavy atom. The van der Waals surface area contributed by atoms with Crippen LogP contribution >= 0.6 is 0 Å². The van der Waals surface area contributed by atoms with Gasteiger partial charge in [0.05, 0.1) is 5.75 Å². The van der Waals surface area contributed by atoms with E-state index in [9.17, 15) is 8.42 Å². The van der Waals surface area contributed by atoms with Gasteiger partial charge in [-0.25, -0.2) is 8.42 Å². The topological polar surface area (TPSA) is 90.8 Å². The number of nitrogens with one attached hydrogen (secondary N) is 2. The minimum Gasteiger partial charge on any atom is -0.396 e. The van der Waals surface area contributed by atoms with E-state index >= 15 is 0 Å². The first kappa shape index (κ1) is 20.2. The van der Waals surface area contributed by atoms with Crippen LogP contribution in [0.5, 0.6) is 0 Å². The van der Waals surface area contributed by atoms with Crippen LogP contribution in [0.25, 0.3) is 0 Å². The Hall–Kier alpha value is -0.820. The highest BCUT2D eigenvalue weighted by molar-refractivity contribution is 7.90. The van der Waals surface area contributed by atoms with Gasteiger partial charge in [0, 0.05) is 32.5 Å². The second-order valence-corrected chi connectivity index (χ2v) is 7.56. The molecule has 0 amide bonds. The van der Waals surface area contributed by atoms with Crippen LogP contribution in [0.15, 0.2) is 4.99 Å². The van der Waals surface area contributed by atoms with Crippen LogP contribution in [-0.4, -0.2) is 57.7 Å². The summed E-state index contributed by atoms with van der Waals surface area (Å²) >= 11 is 0. The summed E-state index contributed by atoms with van der Waals surface area (Å²) in [6.45, 7) is 6.33. The average molecular weight is 321 g/mol. The molecule has 0 bridgehead atoms. The molecule has 0 aliphatic heterocycles. The Morgan fingerprint density at radius 3 is 2.48 bits per heavy atom. The molecule has 0 saturated carbocycles. The number of aliphatic hydroxyl groups excluding tert-OH is 1. The third-order valence-electron chi connectivity index (χ3n) is 3.07. The lowest BCUT2D eigenvalue weighted by atomic mass is 10.0. The molecule has 0 aliphatic rings. The first-order chi connectivity index (χ1) is 9.92. The molecule has 0 rings (SSSR count). The molecule has 1 atom stereocenters. The molecule has 0 saturated heterocycles. The normalized spacial score (nSPS) is 14.0. The molecular formula is C14H31N3O3S. The highest BCUT2D eigenvalue weighted by atomic mass is 32.2.